The van der Waals surface area contributed by atoms with E-state index < -0.39 is 0 Å². The summed E-state index contributed by atoms with van der Waals surface area (Å²) in [6.07, 6.45) is 11.3. The third kappa shape index (κ3) is 2.47. The van der Waals surface area contributed by atoms with Crippen LogP contribution in [0.15, 0.2) is 0 Å². The van der Waals surface area contributed by atoms with Gasteiger partial charge in [-0.1, -0.05) is 40.0 Å². The highest BCUT2D eigenvalue weighted by atomic mass is 15.3. The lowest BCUT2D eigenvalue weighted by molar-refractivity contribution is 0.00598. The molecule has 2 aliphatic carbocycles. The van der Waals surface area contributed by atoms with E-state index in [4.69, 9.17) is 0 Å². The van der Waals surface area contributed by atoms with Crippen LogP contribution in [0, 0.1) is 5.41 Å². The number of nitrogens with zero attached hydrogens (tertiary/aromatic N) is 1. The molecule has 2 saturated carbocycles. The maximum atomic E-state index is 3.93. The van der Waals surface area contributed by atoms with Gasteiger partial charge < -0.3 is 5.32 Å². The lowest BCUT2D eigenvalue weighted by Gasteiger charge is -2.51. The van der Waals surface area contributed by atoms with E-state index in [9.17, 15) is 0 Å². The largest absolute Gasteiger partial charge is 0.308 e. The summed E-state index contributed by atoms with van der Waals surface area (Å²) in [7, 11) is 0. The van der Waals surface area contributed by atoms with Gasteiger partial charge in [-0.25, -0.2) is 0 Å². The zero-order chi connectivity index (χ0) is 13.5. The van der Waals surface area contributed by atoms with Crippen molar-refractivity contribution in [2.45, 2.75) is 89.8 Å². The predicted molar refractivity (Wildman–Crippen MR) is 81.4 cm³/mol. The third-order valence-electron chi connectivity index (χ3n) is 6.30. The quantitative estimate of drug-likeness (QED) is 0.820. The van der Waals surface area contributed by atoms with Gasteiger partial charge >= 0.3 is 0 Å². The molecule has 1 aliphatic heterocycles. The Morgan fingerprint density at radius 3 is 2.42 bits per heavy atom. The van der Waals surface area contributed by atoms with E-state index >= 15 is 0 Å². The van der Waals surface area contributed by atoms with Crippen molar-refractivity contribution in [2.24, 2.45) is 5.41 Å². The fourth-order valence-corrected chi connectivity index (χ4v) is 5.04. The molecule has 2 nitrogen and oxygen atoms in total. The van der Waals surface area contributed by atoms with Crippen molar-refractivity contribution < 1.29 is 0 Å². The monoisotopic (exact) mass is 264 g/mol. The van der Waals surface area contributed by atoms with E-state index in [1.54, 1.807) is 0 Å². The first-order valence-corrected chi connectivity index (χ1v) is 8.57. The highest BCUT2D eigenvalue weighted by Crippen LogP contribution is 2.44. The second kappa shape index (κ2) is 5.04. The summed E-state index contributed by atoms with van der Waals surface area (Å²) in [4.78, 5) is 2.93. The van der Waals surface area contributed by atoms with Gasteiger partial charge in [0.2, 0.25) is 0 Å². The highest BCUT2D eigenvalue weighted by Gasteiger charge is 2.47. The molecule has 0 aromatic carbocycles. The number of rotatable bonds is 2. The minimum Gasteiger partial charge on any atom is -0.308 e. The number of piperazine rings is 1. The van der Waals surface area contributed by atoms with Crippen molar-refractivity contribution in [3.63, 3.8) is 0 Å². The fourth-order valence-electron chi connectivity index (χ4n) is 5.04. The molecule has 2 unspecified atom stereocenters. The normalized spacial score (nSPS) is 38.1. The van der Waals surface area contributed by atoms with E-state index in [1.165, 1.54) is 64.5 Å². The van der Waals surface area contributed by atoms with Gasteiger partial charge in [0.05, 0.1) is 0 Å². The molecule has 19 heavy (non-hydrogen) atoms. The predicted octanol–water partition coefficient (Wildman–Crippen LogP) is 3.56. The molecule has 1 saturated heterocycles. The van der Waals surface area contributed by atoms with Crippen LogP contribution in [0.4, 0.5) is 0 Å². The molecule has 2 heteroatoms. The van der Waals surface area contributed by atoms with Crippen molar-refractivity contribution in [3.05, 3.63) is 0 Å². The van der Waals surface area contributed by atoms with Gasteiger partial charge in [-0.05, 0) is 37.5 Å². The number of hydrogen-bond donors (Lipinski definition) is 1. The SMILES string of the molecule is CCC1CNC2(CCCC2)CN1C1CCCC1(C)C. The summed E-state index contributed by atoms with van der Waals surface area (Å²) >= 11 is 0. The minimum absolute atomic E-state index is 0.477. The van der Waals surface area contributed by atoms with E-state index in [2.05, 4.69) is 31.0 Å². The fraction of sp³-hybridized carbons (Fsp3) is 1.00. The molecular weight excluding hydrogens is 232 g/mol. The second-order valence-electron chi connectivity index (χ2n) is 8.00. The average molecular weight is 264 g/mol. The van der Waals surface area contributed by atoms with Gasteiger partial charge in [-0.15, -0.1) is 0 Å². The molecule has 3 aliphatic rings. The van der Waals surface area contributed by atoms with Crippen LogP contribution < -0.4 is 5.32 Å². The van der Waals surface area contributed by atoms with Crippen LogP contribution in [0.2, 0.25) is 0 Å². The van der Waals surface area contributed by atoms with Gasteiger partial charge in [0, 0.05) is 30.7 Å². The van der Waals surface area contributed by atoms with E-state index in [-0.39, 0.29) is 0 Å². The molecule has 1 spiro atoms. The van der Waals surface area contributed by atoms with Crippen molar-refractivity contribution in [1.29, 1.82) is 0 Å². The Bertz CT molecular complexity index is 317. The molecule has 0 amide bonds. The van der Waals surface area contributed by atoms with Gasteiger partial charge in [0.15, 0.2) is 0 Å². The van der Waals surface area contributed by atoms with Gasteiger partial charge in [-0.2, -0.15) is 0 Å². The van der Waals surface area contributed by atoms with E-state index in [0.717, 1.165) is 12.1 Å². The third-order valence-corrected chi connectivity index (χ3v) is 6.30. The van der Waals surface area contributed by atoms with Gasteiger partial charge in [0.1, 0.15) is 0 Å². The molecule has 0 aromatic heterocycles. The Kier molecular flexibility index (Phi) is 3.68. The molecule has 3 rings (SSSR count). The summed E-state index contributed by atoms with van der Waals surface area (Å²) in [5.41, 5.74) is 1.01. The molecule has 1 N–H and O–H groups in total. The van der Waals surface area contributed by atoms with Crippen LogP contribution >= 0.6 is 0 Å². The Morgan fingerprint density at radius 2 is 1.84 bits per heavy atom. The highest BCUT2D eigenvalue weighted by molar-refractivity contribution is 5.05. The second-order valence-corrected chi connectivity index (χ2v) is 8.00. The summed E-state index contributed by atoms with van der Waals surface area (Å²) in [6, 6.07) is 1.60. The maximum absolute atomic E-state index is 3.93. The van der Waals surface area contributed by atoms with Crippen molar-refractivity contribution in [3.8, 4) is 0 Å². The van der Waals surface area contributed by atoms with Crippen LogP contribution in [0.25, 0.3) is 0 Å². The molecule has 0 radical (unpaired) electrons. The molecular formula is C17H32N2. The standard InChI is InChI=1S/C17H32N2/c1-4-14-12-18-17(10-5-6-11-17)13-19(14)15-8-7-9-16(15,2)3/h14-15,18H,4-13H2,1-3H3. The Morgan fingerprint density at radius 1 is 1.11 bits per heavy atom. The van der Waals surface area contributed by atoms with Gasteiger partial charge in [-0.3, -0.25) is 4.90 Å². The van der Waals surface area contributed by atoms with E-state index in [0.29, 0.717) is 11.0 Å². The zero-order valence-electron chi connectivity index (χ0n) is 13.2. The van der Waals surface area contributed by atoms with Crippen molar-refractivity contribution >= 4 is 0 Å². The lowest BCUT2D eigenvalue weighted by atomic mass is 9.82. The van der Waals surface area contributed by atoms with Gasteiger partial charge in [0.25, 0.3) is 0 Å². The molecule has 2 atom stereocenters. The molecule has 0 bridgehead atoms. The number of hydrogen-bond acceptors (Lipinski definition) is 2. The molecule has 110 valence electrons. The first-order chi connectivity index (χ1) is 9.06. The molecule has 0 aromatic rings. The Hall–Kier alpha value is -0.0800. The van der Waals surface area contributed by atoms with Crippen LogP contribution in [0.3, 0.4) is 0 Å². The molecule has 1 heterocycles. The summed E-state index contributed by atoms with van der Waals surface area (Å²) in [6.45, 7) is 9.91. The van der Waals surface area contributed by atoms with Crippen molar-refractivity contribution in [2.75, 3.05) is 13.1 Å². The van der Waals surface area contributed by atoms with Crippen molar-refractivity contribution in [1.82, 2.24) is 10.2 Å². The van der Waals surface area contributed by atoms with Crippen LogP contribution in [0.1, 0.15) is 72.1 Å². The van der Waals surface area contributed by atoms with Crippen LogP contribution in [-0.2, 0) is 0 Å². The summed E-state index contributed by atoms with van der Waals surface area (Å²) in [5.74, 6) is 0. The summed E-state index contributed by atoms with van der Waals surface area (Å²) < 4.78 is 0. The zero-order valence-corrected chi connectivity index (χ0v) is 13.2. The summed E-state index contributed by atoms with van der Waals surface area (Å²) in [5, 5.41) is 3.93. The Balaban J connectivity index is 1.79. The first kappa shape index (κ1) is 13.9. The topological polar surface area (TPSA) is 15.3 Å². The minimum atomic E-state index is 0.477. The lowest BCUT2D eigenvalue weighted by Crippen LogP contribution is -2.66. The first-order valence-electron chi connectivity index (χ1n) is 8.57. The van der Waals surface area contributed by atoms with Crippen LogP contribution in [0.5, 0.6) is 0 Å². The average Bonchev–Trinajstić information content (AvgIpc) is 2.96. The van der Waals surface area contributed by atoms with E-state index in [1.807, 2.05) is 0 Å². The smallest absolute Gasteiger partial charge is 0.0309 e. The number of nitrogens with one attached hydrogen (secondary N) is 1. The molecule has 3 fully saturated rings. The maximum Gasteiger partial charge on any atom is 0.0309 e. The Labute approximate surface area is 119 Å². The van der Waals surface area contributed by atoms with Crippen LogP contribution in [-0.4, -0.2) is 35.6 Å².